The molecule has 0 saturated carbocycles. The van der Waals surface area contributed by atoms with Crippen molar-refractivity contribution >= 4 is 16.3 Å². The Kier molecular flexibility index (Phi) is 4.03. The first kappa shape index (κ1) is 14.9. The van der Waals surface area contributed by atoms with Crippen LogP contribution < -0.4 is 5.32 Å². The van der Waals surface area contributed by atoms with E-state index >= 15 is 0 Å². The number of nitrogens with one attached hydrogen (secondary N) is 1. The SMILES string of the molecule is Cc1nn2c(CNC3(C)CCOCC3)c(C(C)C)nc2s1. The summed E-state index contributed by atoms with van der Waals surface area (Å²) in [5, 5.41) is 9.39. The molecule has 1 N–H and O–H groups in total. The minimum absolute atomic E-state index is 0.154. The molecule has 1 aliphatic heterocycles. The zero-order chi connectivity index (χ0) is 15.0. The largest absolute Gasteiger partial charge is 0.381 e. The molecule has 0 atom stereocenters. The first-order valence-corrected chi connectivity index (χ1v) is 8.48. The molecule has 1 fully saturated rings. The minimum atomic E-state index is 0.154. The molecule has 2 aromatic rings. The first-order valence-electron chi connectivity index (χ1n) is 7.66. The number of imidazole rings is 1. The summed E-state index contributed by atoms with van der Waals surface area (Å²) in [5.74, 6) is 0.415. The van der Waals surface area contributed by atoms with Gasteiger partial charge >= 0.3 is 0 Å². The lowest BCUT2D eigenvalue weighted by atomic mass is 9.92. The molecular formula is C15H24N4OS. The molecule has 6 heteroatoms. The van der Waals surface area contributed by atoms with Crippen molar-refractivity contribution in [1.82, 2.24) is 19.9 Å². The van der Waals surface area contributed by atoms with Crippen molar-refractivity contribution in [1.29, 1.82) is 0 Å². The monoisotopic (exact) mass is 308 g/mol. The van der Waals surface area contributed by atoms with E-state index in [4.69, 9.17) is 9.72 Å². The standard InChI is InChI=1S/C15H24N4OS/c1-10(2)13-12(19-14(17-13)21-11(3)18-19)9-16-15(4)5-7-20-8-6-15/h10,16H,5-9H2,1-4H3. The topological polar surface area (TPSA) is 51.5 Å². The molecule has 3 rings (SSSR count). The van der Waals surface area contributed by atoms with Gasteiger partial charge in [-0.15, -0.1) is 0 Å². The number of aryl methyl sites for hydroxylation is 1. The van der Waals surface area contributed by atoms with Crippen LogP contribution in [0.5, 0.6) is 0 Å². The highest BCUT2D eigenvalue weighted by Gasteiger charge is 2.28. The van der Waals surface area contributed by atoms with Crippen LogP contribution in [0.3, 0.4) is 0 Å². The van der Waals surface area contributed by atoms with E-state index in [0.29, 0.717) is 5.92 Å². The highest BCUT2D eigenvalue weighted by atomic mass is 32.1. The van der Waals surface area contributed by atoms with Gasteiger partial charge in [0.1, 0.15) is 5.01 Å². The van der Waals surface area contributed by atoms with Gasteiger partial charge in [0.05, 0.1) is 11.4 Å². The van der Waals surface area contributed by atoms with Crippen LogP contribution in [-0.2, 0) is 11.3 Å². The molecule has 0 aromatic carbocycles. The van der Waals surface area contributed by atoms with Crippen LogP contribution in [0.15, 0.2) is 0 Å². The lowest BCUT2D eigenvalue weighted by Crippen LogP contribution is -2.46. The van der Waals surface area contributed by atoms with Crippen LogP contribution in [0.2, 0.25) is 0 Å². The highest BCUT2D eigenvalue weighted by Crippen LogP contribution is 2.26. The highest BCUT2D eigenvalue weighted by molar-refractivity contribution is 7.16. The summed E-state index contributed by atoms with van der Waals surface area (Å²) in [6, 6.07) is 0. The molecule has 1 aliphatic rings. The number of hydrogen-bond donors (Lipinski definition) is 1. The minimum Gasteiger partial charge on any atom is -0.381 e. The van der Waals surface area contributed by atoms with Crippen molar-refractivity contribution in [2.45, 2.75) is 58.5 Å². The second-order valence-electron chi connectivity index (χ2n) is 6.44. The van der Waals surface area contributed by atoms with Crippen LogP contribution in [-0.4, -0.2) is 33.4 Å². The molecule has 1 saturated heterocycles. The number of aromatic nitrogens is 3. The molecule has 116 valence electrons. The van der Waals surface area contributed by atoms with E-state index in [-0.39, 0.29) is 5.54 Å². The van der Waals surface area contributed by atoms with Gasteiger partial charge in [0.15, 0.2) is 0 Å². The molecule has 0 bridgehead atoms. The number of rotatable bonds is 4. The molecule has 21 heavy (non-hydrogen) atoms. The van der Waals surface area contributed by atoms with Gasteiger partial charge in [0.25, 0.3) is 0 Å². The van der Waals surface area contributed by atoms with Crippen LogP contribution >= 0.6 is 11.3 Å². The van der Waals surface area contributed by atoms with Gasteiger partial charge in [-0.05, 0) is 32.6 Å². The number of nitrogens with zero attached hydrogens (tertiary/aromatic N) is 3. The van der Waals surface area contributed by atoms with E-state index < -0.39 is 0 Å². The van der Waals surface area contributed by atoms with Gasteiger partial charge in [0.2, 0.25) is 4.96 Å². The van der Waals surface area contributed by atoms with Gasteiger partial charge in [-0.1, -0.05) is 25.2 Å². The molecule has 0 spiro atoms. The molecule has 0 unspecified atom stereocenters. The molecular weight excluding hydrogens is 284 g/mol. The third-order valence-corrected chi connectivity index (χ3v) is 5.08. The van der Waals surface area contributed by atoms with Crippen molar-refractivity contribution < 1.29 is 4.74 Å². The maximum Gasteiger partial charge on any atom is 0.212 e. The summed E-state index contributed by atoms with van der Waals surface area (Å²) >= 11 is 1.66. The van der Waals surface area contributed by atoms with Crippen molar-refractivity contribution in [2.75, 3.05) is 13.2 Å². The van der Waals surface area contributed by atoms with Crippen LogP contribution in [0.25, 0.3) is 4.96 Å². The molecule has 2 aromatic heterocycles. The number of ether oxygens (including phenoxy) is 1. The molecule has 3 heterocycles. The normalized spacial score (nSPS) is 18.7. The fraction of sp³-hybridized carbons (Fsp3) is 0.733. The van der Waals surface area contributed by atoms with E-state index in [1.165, 1.54) is 5.69 Å². The smallest absolute Gasteiger partial charge is 0.212 e. The summed E-state index contributed by atoms with van der Waals surface area (Å²) in [7, 11) is 0. The second-order valence-corrected chi connectivity index (χ2v) is 7.60. The van der Waals surface area contributed by atoms with Gasteiger partial charge in [-0.2, -0.15) is 5.10 Å². The average Bonchev–Trinajstić information content (AvgIpc) is 2.93. The van der Waals surface area contributed by atoms with Crippen LogP contribution in [0, 0.1) is 6.92 Å². The maximum atomic E-state index is 5.47. The van der Waals surface area contributed by atoms with E-state index in [1.807, 2.05) is 11.4 Å². The Morgan fingerprint density at radius 3 is 2.76 bits per heavy atom. The van der Waals surface area contributed by atoms with Crippen molar-refractivity contribution in [2.24, 2.45) is 0 Å². The third kappa shape index (κ3) is 2.98. The van der Waals surface area contributed by atoms with Gasteiger partial charge < -0.3 is 10.1 Å². The Morgan fingerprint density at radius 2 is 2.10 bits per heavy atom. The summed E-state index contributed by atoms with van der Waals surface area (Å²) < 4.78 is 7.49. The summed E-state index contributed by atoms with van der Waals surface area (Å²) in [4.78, 5) is 5.78. The zero-order valence-electron chi connectivity index (χ0n) is 13.3. The summed E-state index contributed by atoms with van der Waals surface area (Å²) in [6.45, 7) is 11.2. The van der Waals surface area contributed by atoms with E-state index in [9.17, 15) is 0 Å². The van der Waals surface area contributed by atoms with E-state index in [2.05, 4.69) is 31.2 Å². The van der Waals surface area contributed by atoms with Crippen molar-refractivity contribution in [3.8, 4) is 0 Å². The molecule has 0 radical (unpaired) electrons. The Hall–Kier alpha value is -0.980. The molecule has 5 nitrogen and oxygen atoms in total. The predicted molar refractivity (Wildman–Crippen MR) is 85.0 cm³/mol. The lowest BCUT2D eigenvalue weighted by molar-refractivity contribution is 0.0444. The zero-order valence-corrected chi connectivity index (χ0v) is 14.1. The van der Waals surface area contributed by atoms with Crippen LogP contribution in [0.1, 0.15) is 55.9 Å². The van der Waals surface area contributed by atoms with E-state index in [0.717, 1.165) is 48.3 Å². The Balaban J connectivity index is 1.86. The Bertz CT molecular complexity index is 625. The van der Waals surface area contributed by atoms with E-state index in [1.54, 1.807) is 11.3 Å². The van der Waals surface area contributed by atoms with Gasteiger partial charge in [0, 0.05) is 25.3 Å². The Morgan fingerprint density at radius 1 is 1.38 bits per heavy atom. The van der Waals surface area contributed by atoms with Crippen molar-refractivity contribution in [3.63, 3.8) is 0 Å². The number of fused-ring (bicyclic) bond motifs is 1. The summed E-state index contributed by atoms with van der Waals surface area (Å²) in [6.07, 6.45) is 2.12. The van der Waals surface area contributed by atoms with Gasteiger partial charge in [-0.3, -0.25) is 0 Å². The molecule has 0 amide bonds. The fourth-order valence-corrected chi connectivity index (χ4v) is 3.59. The fourth-order valence-electron chi connectivity index (χ4n) is 2.82. The maximum absolute atomic E-state index is 5.47. The third-order valence-electron chi connectivity index (χ3n) is 4.25. The van der Waals surface area contributed by atoms with Gasteiger partial charge in [-0.25, -0.2) is 9.50 Å². The molecule has 0 aliphatic carbocycles. The average molecular weight is 308 g/mol. The number of hydrogen-bond acceptors (Lipinski definition) is 5. The predicted octanol–water partition coefficient (Wildman–Crippen LogP) is 2.88. The van der Waals surface area contributed by atoms with Crippen LogP contribution in [0.4, 0.5) is 0 Å². The Labute approximate surface area is 129 Å². The quantitative estimate of drug-likeness (QED) is 0.943. The first-order chi connectivity index (χ1) is 9.98. The summed E-state index contributed by atoms with van der Waals surface area (Å²) in [5.41, 5.74) is 2.52. The van der Waals surface area contributed by atoms with Crippen molar-refractivity contribution in [3.05, 3.63) is 16.4 Å². The second kappa shape index (κ2) is 5.66. The lowest BCUT2D eigenvalue weighted by Gasteiger charge is -2.34.